The predicted octanol–water partition coefficient (Wildman–Crippen LogP) is 4.99. The zero-order chi connectivity index (χ0) is 21.6. The van der Waals surface area contributed by atoms with Crippen molar-refractivity contribution in [1.82, 2.24) is 15.5 Å². The molecule has 0 aliphatic carbocycles. The molecule has 0 spiro atoms. The van der Waals surface area contributed by atoms with Gasteiger partial charge in [-0.1, -0.05) is 61.0 Å². The third-order valence-electron chi connectivity index (χ3n) is 5.16. The normalized spacial score (nSPS) is 13.3. The Labute approximate surface area is 182 Å². The van der Waals surface area contributed by atoms with Gasteiger partial charge in [0.2, 0.25) is 5.88 Å². The first-order chi connectivity index (χ1) is 14.4. The fourth-order valence-electron chi connectivity index (χ4n) is 3.35. The van der Waals surface area contributed by atoms with E-state index in [-0.39, 0.29) is 17.7 Å². The van der Waals surface area contributed by atoms with Crippen molar-refractivity contribution in [2.75, 3.05) is 6.54 Å². The summed E-state index contributed by atoms with van der Waals surface area (Å²) in [7, 11) is 0. The van der Waals surface area contributed by atoms with Crippen LogP contribution in [0.5, 0.6) is 5.88 Å². The predicted molar refractivity (Wildman–Crippen MR) is 119 cm³/mol. The number of hydrogen-bond donors (Lipinski definition) is 1. The molecule has 0 bridgehead atoms. The number of nitrogens with one attached hydrogen (secondary N) is 1. The number of nitrogens with zero attached hydrogens (tertiary/aromatic N) is 2. The molecule has 1 N–H and O–H groups in total. The Balaban J connectivity index is 1.74. The zero-order valence-corrected chi connectivity index (χ0v) is 18.1. The van der Waals surface area contributed by atoms with E-state index in [1.54, 1.807) is 32.2 Å². The van der Waals surface area contributed by atoms with Crippen LogP contribution in [0.2, 0.25) is 5.02 Å². The summed E-state index contributed by atoms with van der Waals surface area (Å²) in [5.74, 6) is 0.363. The quantitative estimate of drug-likeness (QED) is 0.554. The van der Waals surface area contributed by atoms with Crippen LogP contribution in [0.4, 0.5) is 0 Å². The highest BCUT2D eigenvalue weighted by Gasteiger charge is 2.32. The number of aromatic nitrogens is 2. The average molecular weight is 424 g/mol. The lowest BCUT2D eigenvalue weighted by Crippen LogP contribution is -2.48. The Morgan fingerprint density at radius 1 is 1.03 bits per heavy atom. The lowest BCUT2D eigenvalue weighted by molar-refractivity contribution is -0.134. The summed E-state index contributed by atoms with van der Waals surface area (Å²) in [6, 6.07) is 21.4. The van der Waals surface area contributed by atoms with Crippen molar-refractivity contribution in [1.29, 1.82) is 0 Å². The van der Waals surface area contributed by atoms with Crippen molar-refractivity contribution in [3.05, 3.63) is 89.1 Å². The van der Waals surface area contributed by atoms with Gasteiger partial charge in [0.15, 0.2) is 5.60 Å². The molecule has 1 heterocycles. The van der Waals surface area contributed by atoms with Crippen LogP contribution in [-0.2, 0) is 4.79 Å². The van der Waals surface area contributed by atoms with E-state index in [1.807, 2.05) is 42.5 Å². The summed E-state index contributed by atoms with van der Waals surface area (Å²) in [5.41, 5.74) is 1.24. The fraction of sp³-hybridized carbons (Fsp3) is 0.292. The standard InChI is InChI=1S/C24H26ClN3O2/c1-17(18-11-13-20(25)14-12-18)21(19-8-5-4-6-9-19)16-26-23(29)24(2,3)30-22-10-7-15-27-28-22/h4-15,17,21H,16H2,1-3H3,(H,26,29)/t17-,21+/m1/s1. The summed E-state index contributed by atoms with van der Waals surface area (Å²) in [6.45, 7) is 6.07. The Kier molecular flexibility index (Phi) is 7.06. The van der Waals surface area contributed by atoms with Gasteiger partial charge in [-0.25, -0.2) is 0 Å². The summed E-state index contributed by atoms with van der Waals surface area (Å²) in [5, 5.41) is 11.5. The number of amides is 1. The minimum Gasteiger partial charge on any atom is -0.460 e. The first kappa shape index (κ1) is 21.8. The van der Waals surface area contributed by atoms with Gasteiger partial charge in [0.25, 0.3) is 5.91 Å². The van der Waals surface area contributed by atoms with E-state index in [0.29, 0.717) is 17.4 Å². The molecule has 3 rings (SSSR count). The molecule has 0 radical (unpaired) electrons. The van der Waals surface area contributed by atoms with Crippen molar-refractivity contribution in [2.45, 2.75) is 38.2 Å². The van der Waals surface area contributed by atoms with Gasteiger partial charge in [0, 0.05) is 29.7 Å². The first-order valence-corrected chi connectivity index (χ1v) is 10.3. The van der Waals surface area contributed by atoms with Gasteiger partial charge in [0.1, 0.15) is 0 Å². The molecule has 1 aromatic heterocycles. The second kappa shape index (κ2) is 9.72. The molecule has 5 nitrogen and oxygen atoms in total. The third kappa shape index (κ3) is 5.57. The highest BCUT2D eigenvalue weighted by molar-refractivity contribution is 6.30. The molecule has 156 valence electrons. The van der Waals surface area contributed by atoms with E-state index in [0.717, 1.165) is 11.1 Å². The smallest absolute Gasteiger partial charge is 0.263 e. The Morgan fingerprint density at radius 3 is 2.37 bits per heavy atom. The number of benzene rings is 2. The monoisotopic (exact) mass is 423 g/mol. The lowest BCUT2D eigenvalue weighted by Gasteiger charge is -2.29. The topological polar surface area (TPSA) is 64.1 Å². The number of carbonyl (C=O) groups excluding carboxylic acids is 1. The zero-order valence-electron chi connectivity index (χ0n) is 17.4. The number of ether oxygens (including phenoxy) is 1. The van der Waals surface area contributed by atoms with E-state index in [9.17, 15) is 4.79 Å². The molecule has 0 saturated carbocycles. The maximum atomic E-state index is 12.9. The molecule has 1 amide bonds. The maximum Gasteiger partial charge on any atom is 0.263 e. The van der Waals surface area contributed by atoms with Gasteiger partial charge in [-0.15, -0.1) is 5.10 Å². The molecule has 0 aliphatic rings. The number of hydrogen-bond acceptors (Lipinski definition) is 4. The SMILES string of the molecule is C[C@H](c1ccc(Cl)cc1)[C@H](CNC(=O)C(C)(C)Oc1cccnn1)c1ccccc1. The molecule has 2 aromatic carbocycles. The number of rotatable bonds is 8. The van der Waals surface area contributed by atoms with E-state index in [4.69, 9.17) is 16.3 Å². The van der Waals surface area contributed by atoms with Crippen molar-refractivity contribution in [3.63, 3.8) is 0 Å². The average Bonchev–Trinajstić information content (AvgIpc) is 2.75. The highest BCUT2D eigenvalue weighted by atomic mass is 35.5. The molecule has 0 aliphatic heterocycles. The van der Waals surface area contributed by atoms with Crippen LogP contribution in [0.25, 0.3) is 0 Å². The molecule has 0 fully saturated rings. The first-order valence-electron chi connectivity index (χ1n) is 9.92. The van der Waals surface area contributed by atoms with Crippen LogP contribution in [-0.4, -0.2) is 28.3 Å². The van der Waals surface area contributed by atoms with Gasteiger partial charge < -0.3 is 10.1 Å². The Morgan fingerprint density at radius 2 is 1.73 bits per heavy atom. The van der Waals surface area contributed by atoms with Crippen LogP contribution in [0.3, 0.4) is 0 Å². The summed E-state index contributed by atoms with van der Waals surface area (Å²) in [4.78, 5) is 12.9. The van der Waals surface area contributed by atoms with Gasteiger partial charge in [-0.2, -0.15) is 5.10 Å². The van der Waals surface area contributed by atoms with Gasteiger partial charge in [-0.3, -0.25) is 4.79 Å². The number of halogens is 1. The molecule has 6 heteroatoms. The van der Waals surface area contributed by atoms with E-state index in [2.05, 4.69) is 34.6 Å². The molecule has 30 heavy (non-hydrogen) atoms. The van der Waals surface area contributed by atoms with Gasteiger partial charge in [-0.05, 0) is 49.1 Å². The summed E-state index contributed by atoms with van der Waals surface area (Å²) in [6.07, 6.45) is 1.56. The van der Waals surface area contributed by atoms with Crippen LogP contribution in [0.1, 0.15) is 43.7 Å². The molecular formula is C24H26ClN3O2. The molecular weight excluding hydrogens is 398 g/mol. The second-order valence-electron chi connectivity index (χ2n) is 7.74. The van der Waals surface area contributed by atoms with Gasteiger partial charge >= 0.3 is 0 Å². The van der Waals surface area contributed by atoms with Crippen LogP contribution >= 0.6 is 11.6 Å². The number of carbonyl (C=O) groups is 1. The lowest BCUT2D eigenvalue weighted by atomic mass is 9.82. The van der Waals surface area contributed by atoms with E-state index < -0.39 is 5.60 Å². The largest absolute Gasteiger partial charge is 0.460 e. The van der Waals surface area contributed by atoms with Crippen molar-refractivity contribution >= 4 is 17.5 Å². The minimum absolute atomic E-state index is 0.0867. The summed E-state index contributed by atoms with van der Waals surface area (Å²) < 4.78 is 5.76. The second-order valence-corrected chi connectivity index (χ2v) is 8.18. The van der Waals surface area contributed by atoms with Crippen LogP contribution in [0.15, 0.2) is 72.9 Å². The molecule has 0 saturated heterocycles. The van der Waals surface area contributed by atoms with Crippen molar-refractivity contribution in [2.24, 2.45) is 0 Å². The highest BCUT2D eigenvalue weighted by Crippen LogP contribution is 2.33. The Hall–Kier alpha value is -2.92. The molecule has 0 unspecified atom stereocenters. The fourth-order valence-corrected chi connectivity index (χ4v) is 3.47. The maximum absolute atomic E-state index is 12.9. The molecule has 3 aromatic rings. The van der Waals surface area contributed by atoms with E-state index >= 15 is 0 Å². The Bertz CT molecular complexity index is 947. The van der Waals surface area contributed by atoms with Crippen molar-refractivity contribution in [3.8, 4) is 5.88 Å². The van der Waals surface area contributed by atoms with Crippen molar-refractivity contribution < 1.29 is 9.53 Å². The van der Waals surface area contributed by atoms with Crippen LogP contribution in [0, 0.1) is 0 Å². The van der Waals surface area contributed by atoms with Crippen LogP contribution < -0.4 is 10.1 Å². The third-order valence-corrected chi connectivity index (χ3v) is 5.42. The summed E-state index contributed by atoms with van der Waals surface area (Å²) >= 11 is 6.05. The van der Waals surface area contributed by atoms with E-state index in [1.165, 1.54) is 0 Å². The minimum atomic E-state index is -1.08. The molecule has 2 atom stereocenters. The van der Waals surface area contributed by atoms with Gasteiger partial charge in [0.05, 0.1) is 0 Å².